The largest absolute Gasteiger partial charge is 0.508 e. The van der Waals surface area contributed by atoms with Crippen molar-refractivity contribution in [2.24, 2.45) is 10.8 Å². The van der Waals surface area contributed by atoms with Crippen molar-refractivity contribution in [3.8, 4) is 5.75 Å². The van der Waals surface area contributed by atoms with Crippen molar-refractivity contribution in [3.05, 3.63) is 29.3 Å². The van der Waals surface area contributed by atoms with E-state index in [-0.39, 0.29) is 10.8 Å². The Bertz CT molecular complexity index is 501. The molecule has 0 heterocycles. The minimum Gasteiger partial charge on any atom is -0.508 e. The quantitative estimate of drug-likeness (QED) is 0.646. The summed E-state index contributed by atoms with van der Waals surface area (Å²) in [5, 5.41) is 10.1. The van der Waals surface area contributed by atoms with Gasteiger partial charge in [-0.3, -0.25) is 0 Å². The predicted molar refractivity (Wildman–Crippen MR) is 97.7 cm³/mol. The predicted octanol–water partition coefficient (Wildman–Crippen LogP) is 6.65. The molecule has 0 aliphatic heterocycles. The SMILES string of the molecule is CC(C)c1cc(C(C)(C)CC(C)(C)CC(C)(C)C)ccc1O. The Morgan fingerprint density at radius 1 is 0.909 bits per heavy atom. The lowest BCUT2D eigenvalue weighted by atomic mass is 9.66. The molecule has 0 unspecified atom stereocenters. The summed E-state index contributed by atoms with van der Waals surface area (Å²) in [7, 11) is 0. The number of hydrogen-bond acceptors (Lipinski definition) is 1. The van der Waals surface area contributed by atoms with Crippen molar-refractivity contribution < 1.29 is 5.11 Å². The van der Waals surface area contributed by atoms with Gasteiger partial charge in [0.25, 0.3) is 0 Å². The molecule has 0 bridgehead atoms. The molecule has 22 heavy (non-hydrogen) atoms. The average Bonchev–Trinajstić information content (AvgIpc) is 2.23. The third-order valence-corrected chi connectivity index (χ3v) is 4.36. The van der Waals surface area contributed by atoms with Gasteiger partial charge in [-0.2, -0.15) is 0 Å². The van der Waals surface area contributed by atoms with Gasteiger partial charge >= 0.3 is 0 Å². The lowest BCUT2D eigenvalue weighted by Crippen LogP contribution is -2.30. The van der Waals surface area contributed by atoms with Crippen LogP contribution in [-0.4, -0.2) is 5.11 Å². The normalized spacial score (nSPS) is 13.7. The number of aromatic hydroxyl groups is 1. The van der Waals surface area contributed by atoms with Crippen LogP contribution in [0.2, 0.25) is 0 Å². The highest BCUT2D eigenvalue weighted by molar-refractivity contribution is 5.40. The molecule has 0 spiro atoms. The van der Waals surface area contributed by atoms with Gasteiger partial charge < -0.3 is 5.11 Å². The Hall–Kier alpha value is -0.980. The third kappa shape index (κ3) is 5.34. The van der Waals surface area contributed by atoms with E-state index < -0.39 is 0 Å². The van der Waals surface area contributed by atoms with E-state index in [1.807, 2.05) is 6.07 Å². The monoisotopic (exact) mass is 304 g/mol. The van der Waals surface area contributed by atoms with Gasteiger partial charge in [0, 0.05) is 0 Å². The van der Waals surface area contributed by atoms with E-state index in [1.54, 1.807) is 0 Å². The maximum absolute atomic E-state index is 10.1. The number of hydrogen-bond donors (Lipinski definition) is 1. The number of rotatable bonds is 5. The number of phenolic OH excluding ortho intramolecular Hbond substituents is 1. The molecule has 0 aliphatic carbocycles. The Morgan fingerprint density at radius 3 is 1.91 bits per heavy atom. The molecule has 1 aromatic rings. The Balaban J connectivity index is 3.06. The van der Waals surface area contributed by atoms with Gasteiger partial charge in [-0.15, -0.1) is 0 Å². The second kappa shape index (κ2) is 6.26. The molecule has 1 aromatic carbocycles. The Kier molecular flexibility index (Phi) is 5.42. The number of benzene rings is 1. The van der Waals surface area contributed by atoms with Crippen LogP contribution in [0.1, 0.15) is 92.2 Å². The molecule has 0 aromatic heterocycles. The molecule has 1 N–H and O–H groups in total. The molecule has 0 fully saturated rings. The van der Waals surface area contributed by atoms with Crippen molar-refractivity contribution in [3.63, 3.8) is 0 Å². The van der Waals surface area contributed by atoms with Crippen molar-refractivity contribution in [2.45, 2.75) is 86.5 Å². The van der Waals surface area contributed by atoms with Gasteiger partial charge in [-0.25, -0.2) is 0 Å². The zero-order valence-electron chi connectivity index (χ0n) is 16.2. The summed E-state index contributed by atoms with van der Waals surface area (Å²) in [6.07, 6.45) is 2.35. The second-order valence-electron chi connectivity index (χ2n) is 9.89. The first-order valence-corrected chi connectivity index (χ1v) is 8.57. The van der Waals surface area contributed by atoms with Crippen molar-refractivity contribution in [2.75, 3.05) is 0 Å². The van der Waals surface area contributed by atoms with Gasteiger partial charge in [-0.1, -0.05) is 74.4 Å². The van der Waals surface area contributed by atoms with Crippen LogP contribution in [0.5, 0.6) is 5.75 Å². The molecule has 0 aliphatic rings. The van der Waals surface area contributed by atoms with Gasteiger partial charge in [0.1, 0.15) is 5.75 Å². The van der Waals surface area contributed by atoms with E-state index >= 15 is 0 Å². The fourth-order valence-corrected chi connectivity index (χ4v) is 4.23. The molecule has 0 saturated carbocycles. The average molecular weight is 305 g/mol. The number of phenols is 1. The summed E-state index contributed by atoms with van der Waals surface area (Å²) in [5.41, 5.74) is 3.12. The molecule has 0 amide bonds. The van der Waals surface area contributed by atoms with Crippen LogP contribution in [-0.2, 0) is 5.41 Å². The van der Waals surface area contributed by atoms with Crippen LogP contribution in [0.15, 0.2) is 18.2 Å². The minimum atomic E-state index is 0.103. The molecular weight excluding hydrogens is 268 g/mol. The van der Waals surface area contributed by atoms with Crippen LogP contribution < -0.4 is 0 Å². The zero-order valence-corrected chi connectivity index (χ0v) is 16.2. The molecule has 1 heteroatoms. The van der Waals surface area contributed by atoms with Crippen LogP contribution >= 0.6 is 0 Å². The van der Waals surface area contributed by atoms with Crippen LogP contribution in [0.3, 0.4) is 0 Å². The highest BCUT2D eigenvalue weighted by Gasteiger charge is 2.33. The standard InChI is InChI=1S/C21H36O/c1-15(2)17-12-16(10-11-18(17)22)21(8,9)14-20(6,7)13-19(3,4)5/h10-12,15,22H,13-14H2,1-9H3. The molecule has 126 valence electrons. The van der Waals surface area contributed by atoms with Gasteiger partial charge in [0.05, 0.1) is 0 Å². The Morgan fingerprint density at radius 2 is 1.45 bits per heavy atom. The fourth-order valence-electron chi connectivity index (χ4n) is 4.23. The van der Waals surface area contributed by atoms with E-state index in [4.69, 9.17) is 0 Å². The van der Waals surface area contributed by atoms with E-state index in [9.17, 15) is 5.11 Å². The fraction of sp³-hybridized carbons (Fsp3) is 0.714. The lowest BCUT2D eigenvalue weighted by Gasteiger charge is -2.39. The van der Waals surface area contributed by atoms with Gasteiger partial charge in [-0.05, 0) is 52.2 Å². The first-order chi connectivity index (χ1) is 9.73. The van der Waals surface area contributed by atoms with Gasteiger partial charge in [0.15, 0.2) is 0 Å². The summed E-state index contributed by atoms with van der Waals surface area (Å²) in [6.45, 7) is 20.6. The zero-order chi connectivity index (χ0) is 17.3. The van der Waals surface area contributed by atoms with E-state index in [1.165, 1.54) is 12.0 Å². The summed E-state index contributed by atoms with van der Waals surface area (Å²) < 4.78 is 0. The van der Waals surface area contributed by atoms with Crippen molar-refractivity contribution >= 4 is 0 Å². The van der Waals surface area contributed by atoms with E-state index in [0.717, 1.165) is 12.0 Å². The molecule has 0 radical (unpaired) electrons. The first-order valence-electron chi connectivity index (χ1n) is 8.57. The molecule has 0 atom stereocenters. The van der Waals surface area contributed by atoms with Crippen LogP contribution in [0, 0.1) is 10.8 Å². The summed E-state index contributed by atoms with van der Waals surface area (Å²) in [4.78, 5) is 0. The highest BCUT2D eigenvalue weighted by Crippen LogP contribution is 2.44. The topological polar surface area (TPSA) is 20.2 Å². The van der Waals surface area contributed by atoms with Crippen LogP contribution in [0.25, 0.3) is 0 Å². The highest BCUT2D eigenvalue weighted by atomic mass is 16.3. The summed E-state index contributed by atoms with van der Waals surface area (Å²) >= 11 is 0. The first kappa shape index (κ1) is 19.1. The molecule has 0 saturated heterocycles. The van der Waals surface area contributed by atoms with Gasteiger partial charge in [0.2, 0.25) is 0 Å². The van der Waals surface area contributed by atoms with Crippen molar-refractivity contribution in [1.29, 1.82) is 0 Å². The van der Waals surface area contributed by atoms with E-state index in [2.05, 4.69) is 74.4 Å². The van der Waals surface area contributed by atoms with Crippen molar-refractivity contribution in [1.82, 2.24) is 0 Å². The summed E-state index contributed by atoms with van der Waals surface area (Å²) in [6, 6.07) is 6.16. The Labute approximate surface area is 138 Å². The van der Waals surface area contributed by atoms with E-state index in [0.29, 0.717) is 17.1 Å². The molecular formula is C21H36O. The minimum absolute atomic E-state index is 0.103. The maximum Gasteiger partial charge on any atom is 0.119 e. The molecule has 1 rings (SSSR count). The maximum atomic E-state index is 10.1. The summed E-state index contributed by atoms with van der Waals surface area (Å²) in [5.74, 6) is 0.766. The third-order valence-electron chi connectivity index (χ3n) is 4.36. The molecule has 1 nitrogen and oxygen atoms in total. The van der Waals surface area contributed by atoms with Crippen LogP contribution in [0.4, 0.5) is 0 Å². The lowest BCUT2D eigenvalue weighted by molar-refractivity contribution is 0.165. The smallest absolute Gasteiger partial charge is 0.119 e. The second-order valence-corrected chi connectivity index (χ2v) is 9.89.